The Morgan fingerprint density at radius 1 is 1.06 bits per heavy atom. The van der Waals surface area contributed by atoms with Crippen molar-refractivity contribution in [1.82, 2.24) is 25.4 Å². The first kappa shape index (κ1) is 23.3. The van der Waals surface area contributed by atoms with Gasteiger partial charge in [0.1, 0.15) is 5.75 Å². The summed E-state index contributed by atoms with van der Waals surface area (Å²) < 4.78 is 6.91. The standard InChI is InChI=1S/C23H27N5O3S/c1-16(18-7-5-4-6-8-18)25-22(30)15-32-23-27-26-20(28(23)2)14-24-21(29)13-17-9-11-19(31-3)12-10-17/h4-12,16H,13-15H2,1-3H3,(H,24,29)(H,25,30)/t16-/m1/s1. The number of carbonyl (C=O) groups is 2. The van der Waals surface area contributed by atoms with Gasteiger partial charge in [-0.2, -0.15) is 0 Å². The van der Waals surface area contributed by atoms with Crippen LogP contribution in [-0.2, 0) is 29.6 Å². The zero-order valence-electron chi connectivity index (χ0n) is 18.4. The van der Waals surface area contributed by atoms with Crippen molar-refractivity contribution >= 4 is 23.6 Å². The van der Waals surface area contributed by atoms with Gasteiger partial charge in [0.25, 0.3) is 0 Å². The molecule has 9 heteroatoms. The lowest BCUT2D eigenvalue weighted by molar-refractivity contribution is -0.121. The van der Waals surface area contributed by atoms with E-state index in [0.717, 1.165) is 16.9 Å². The number of thioether (sulfide) groups is 1. The number of nitrogens with one attached hydrogen (secondary N) is 2. The Balaban J connectivity index is 1.45. The fourth-order valence-electron chi connectivity index (χ4n) is 3.03. The van der Waals surface area contributed by atoms with Crippen molar-refractivity contribution in [2.45, 2.75) is 31.1 Å². The van der Waals surface area contributed by atoms with Crippen LogP contribution in [0.15, 0.2) is 59.8 Å². The molecule has 0 bridgehead atoms. The maximum atomic E-state index is 12.3. The maximum Gasteiger partial charge on any atom is 0.230 e. The van der Waals surface area contributed by atoms with Crippen molar-refractivity contribution < 1.29 is 14.3 Å². The molecular weight excluding hydrogens is 426 g/mol. The van der Waals surface area contributed by atoms with Gasteiger partial charge in [0.2, 0.25) is 11.8 Å². The number of methoxy groups -OCH3 is 1. The molecule has 168 valence electrons. The molecule has 0 saturated heterocycles. The third-order valence-corrected chi connectivity index (χ3v) is 5.92. The average Bonchev–Trinajstić information content (AvgIpc) is 3.16. The van der Waals surface area contributed by atoms with E-state index in [1.165, 1.54) is 11.8 Å². The molecule has 1 atom stereocenters. The topological polar surface area (TPSA) is 98.1 Å². The van der Waals surface area contributed by atoms with Gasteiger partial charge in [-0.25, -0.2) is 0 Å². The normalized spacial score (nSPS) is 11.6. The lowest BCUT2D eigenvalue weighted by Crippen LogP contribution is -2.28. The van der Waals surface area contributed by atoms with Crippen molar-refractivity contribution in [3.63, 3.8) is 0 Å². The Morgan fingerprint density at radius 2 is 1.78 bits per heavy atom. The molecule has 32 heavy (non-hydrogen) atoms. The van der Waals surface area contributed by atoms with Gasteiger partial charge in [-0.05, 0) is 30.2 Å². The predicted octanol–water partition coefficient (Wildman–Crippen LogP) is 2.65. The molecule has 2 N–H and O–H groups in total. The van der Waals surface area contributed by atoms with Crippen LogP contribution in [0.3, 0.4) is 0 Å². The van der Waals surface area contributed by atoms with E-state index in [0.29, 0.717) is 11.0 Å². The van der Waals surface area contributed by atoms with Crippen LogP contribution < -0.4 is 15.4 Å². The van der Waals surface area contributed by atoms with Crippen LogP contribution in [0.2, 0.25) is 0 Å². The van der Waals surface area contributed by atoms with Crippen LogP contribution >= 0.6 is 11.8 Å². The maximum absolute atomic E-state index is 12.3. The number of benzene rings is 2. The highest BCUT2D eigenvalue weighted by molar-refractivity contribution is 7.99. The molecule has 0 radical (unpaired) electrons. The number of carbonyl (C=O) groups excluding carboxylic acids is 2. The second-order valence-electron chi connectivity index (χ2n) is 7.25. The van der Waals surface area contributed by atoms with E-state index < -0.39 is 0 Å². The van der Waals surface area contributed by atoms with Crippen molar-refractivity contribution in [3.05, 3.63) is 71.5 Å². The van der Waals surface area contributed by atoms with Gasteiger partial charge in [-0.1, -0.05) is 54.2 Å². The smallest absolute Gasteiger partial charge is 0.230 e. The summed E-state index contributed by atoms with van der Waals surface area (Å²) in [6.45, 7) is 2.21. The fourth-order valence-corrected chi connectivity index (χ4v) is 3.77. The third-order valence-electron chi connectivity index (χ3n) is 4.90. The molecule has 2 amide bonds. The third kappa shape index (κ3) is 6.58. The zero-order valence-corrected chi connectivity index (χ0v) is 19.2. The number of ether oxygens (including phenoxy) is 1. The van der Waals surface area contributed by atoms with Crippen LogP contribution in [0, 0.1) is 0 Å². The van der Waals surface area contributed by atoms with E-state index in [9.17, 15) is 9.59 Å². The lowest BCUT2D eigenvalue weighted by atomic mass is 10.1. The van der Waals surface area contributed by atoms with Crippen molar-refractivity contribution in [1.29, 1.82) is 0 Å². The molecule has 1 aromatic heterocycles. The fraction of sp³-hybridized carbons (Fsp3) is 0.304. The Bertz CT molecular complexity index is 1040. The summed E-state index contributed by atoms with van der Waals surface area (Å²) in [5, 5.41) is 14.7. The summed E-state index contributed by atoms with van der Waals surface area (Å²) in [5.74, 6) is 1.41. The van der Waals surface area contributed by atoms with Gasteiger partial charge < -0.3 is 19.9 Å². The van der Waals surface area contributed by atoms with E-state index >= 15 is 0 Å². The Morgan fingerprint density at radius 3 is 2.47 bits per heavy atom. The van der Waals surface area contributed by atoms with Crippen LogP contribution in [0.5, 0.6) is 5.75 Å². The molecule has 0 spiro atoms. The summed E-state index contributed by atoms with van der Waals surface area (Å²) in [4.78, 5) is 24.5. The molecule has 1 heterocycles. The molecule has 0 saturated carbocycles. The van der Waals surface area contributed by atoms with Gasteiger partial charge in [0.05, 0.1) is 31.9 Å². The van der Waals surface area contributed by atoms with Gasteiger partial charge >= 0.3 is 0 Å². The van der Waals surface area contributed by atoms with Gasteiger partial charge in [0, 0.05) is 7.05 Å². The number of aromatic nitrogens is 3. The number of amides is 2. The SMILES string of the molecule is COc1ccc(CC(=O)NCc2nnc(SCC(=O)N[C@H](C)c3ccccc3)n2C)cc1. The quantitative estimate of drug-likeness (QED) is 0.458. The van der Waals surface area contributed by atoms with Crippen LogP contribution in [-0.4, -0.2) is 39.4 Å². The van der Waals surface area contributed by atoms with Crippen LogP contribution in [0.1, 0.15) is 29.9 Å². The first-order chi connectivity index (χ1) is 15.5. The molecule has 0 unspecified atom stereocenters. The van der Waals surface area contributed by atoms with Gasteiger partial charge in [-0.15, -0.1) is 10.2 Å². The first-order valence-electron chi connectivity index (χ1n) is 10.2. The van der Waals surface area contributed by atoms with E-state index in [1.54, 1.807) is 11.7 Å². The molecule has 3 rings (SSSR count). The summed E-state index contributed by atoms with van der Waals surface area (Å²) in [6, 6.07) is 17.1. The van der Waals surface area contributed by atoms with Gasteiger partial charge in [-0.3, -0.25) is 9.59 Å². The minimum Gasteiger partial charge on any atom is -0.497 e. The van der Waals surface area contributed by atoms with Crippen molar-refractivity contribution in [3.8, 4) is 5.75 Å². The minimum atomic E-state index is -0.110. The Labute approximate surface area is 191 Å². The van der Waals surface area contributed by atoms with Crippen molar-refractivity contribution in [2.75, 3.05) is 12.9 Å². The number of hydrogen-bond donors (Lipinski definition) is 2. The highest BCUT2D eigenvalue weighted by Crippen LogP contribution is 2.17. The molecular formula is C23H27N5O3S. The summed E-state index contributed by atoms with van der Waals surface area (Å²) in [6.07, 6.45) is 0.267. The second-order valence-corrected chi connectivity index (χ2v) is 8.19. The largest absolute Gasteiger partial charge is 0.497 e. The van der Waals surface area contributed by atoms with E-state index in [4.69, 9.17) is 4.74 Å². The average molecular weight is 454 g/mol. The monoisotopic (exact) mass is 453 g/mol. The predicted molar refractivity (Wildman–Crippen MR) is 123 cm³/mol. The molecule has 3 aromatic rings. The first-order valence-corrected chi connectivity index (χ1v) is 11.2. The Hall–Kier alpha value is -3.33. The highest BCUT2D eigenvalue weighted by Gasteiger charge is 2.14. The highest BCUT2D eigenvalue weighted by atomic mass is 32.2. The molecule has 2 aromatic carbocycles. The second kappa shape index (κ2) is 11.3. The molecule has 0 aliphatic heterocycles. The molecule has 0 fully saturated rings. The van der Waals surface area contributed by atoms with Gasteiger partial charge in [0.15, 0.2) is 11.0 Å². The van der Waals surface area contributed by atoms with Crippen LogP contribution in [0.25, 0.3) is 0 Å². The number of nitrogens with zero attached hydrogens (tertiary/aromatic N) is 3. The van der Waals surface area contributed by atoms with E-state index in [2.05, 4.69) is 20.8 Å². The minimum absolute atomic E-state index is 0.0692. The van der Waals surface area contributed by atoms with Crippen molar-refractivity contribution in [2.24, 2.45) is 7.05 Å². The molecule has 8 nitrogen and oxygen atoms in total. The van der Waals surface area contributed by atoms with E-state index in [1.807, 2.05) is 68.6 Å². The van der Waals surface area contributed by atoms with E-state index in [-0.39, 0.29) is 36.6 Å². The summed E-state index contributed by atoms with van der Waals surface area (Å²) in [7, 11) is 3.42. The number of hydrogen-bond acceptors (Lipinski definition) is 6. The number of rotatable bonds is 10. The van der Waals surface area contributed by atoms with Crippen LogP contribution in [0.4, 0.5) is 0 Å². The molecule has 0 aliphatic carbocycles. The summed E-state index contributed by atoms with van der Waals surface area (Å²) in [5.41, 5.74) is 1.95. The lowest BCUT2D eigenvalue weighted by Gasteiger charge is -2.14. The zero-order chi connectivity index (χ0) is 22.9. The Kier molecular flexibility index (Phi) is 8.27. The summed E-state index contributed by atoms with van der Waals surface area (Å²) >= 11 is 1.31. The molecule has 0 aliphatic rings.